The Morgan fingerprint density at radius 1 is 1.39 bits per heavy atom. The van der Waals surface area contributed by atoms with E-state index in [1.54, 1.807) is 6.92 Å². The first-order valence-electron chi connectivity index (χ1n) is 6.27. The van der Waals surface area contributed by atoms with E-state index in [0.717, 1.165) is 4.90 Å². The Morgan fingerprint density at radius 3 is 2.44 bits per heavy atom. The number of nitrogens with zero attached hydrogens (tertiary/aromatic N) is 1. The molecule has 6 heteroatoms. The lowest BCUT2D eigenvalue weighted by Gasteiger charge is -2.45. The SMILES string of the molecule is CCCC1NC(=O)C(C)(CC)N(CC(F)F)C1=O. The van der Waals surface area contributed by atoms with Crippen molar-refractivity contribution in [3.63, 3.8) is 0 Å². The van der Waals surface area contributed by atoms with Gasteiger partial charge in [0.15, 0.2) is 0 Å². The Hall–Kier alpha value is -1.20. The van der Waals surface area contributed by atoms with Crippen LogP contribution in [-0.4, -0.2) is 41.3 Å². The molecule has 2 unspecified atom stereocenters. The van der Waals surface area contributed by atoms with Gasteiger partial charge in [-0.1, -0.05) is 20.3 Å². The van der Waals surface area contributed by atoms with Crippen LogP contribution in [0.25, 0.3) is 0 Å². The molecule has 4 nitrogen and oxygen atoms in total. The molecule has 1 rings (SSSR count). The molecular weight excluding hydrogens is 242 g/mol. The van der Waals surface area contributed by atoms with Gasteiger partial charge in [0.1, 0.15) is 11.6 Å². The zero-order chi connectivity index (χ0) is 13.9. The number of nitrogens with one attached hydrogen (secondary N) is 1. The van der Waals surface area contributed by atoms with Gasteiger partial charge in [-0.05, 0) is 19.8 Å². The molecule has 1 aliphatic rings. The van der Waals surface area contributed by atoms with Gasteiger partial charge >= 0.3 is 0 Å². The van der Waals surface area contributed by atoms with E-state index < -0.39 is 30.5 Å². The molecule has 0 spiro atoms. The molecule has 1 saturated heterocycles. The van der Waals surface area contributed by atoms with Gasteiger partial charge in [-0.25, -0.2) is 8.78 Å². The van der Waals surface area contributed by atoms with E-state index in [4.69, 9.17) is 0 Å². The van der Waals surface area contributed by atoms with E-state index in [9.17, 15) is 18.4 Å². The summed E-state index contributed by atoms with van der Waals surface area (Å²) in [5, 5.41) is 2.64. The van der Waals surface area contributed by atoms with Crippen molar-refractivity contribution < 1.29 is 18.4 Å². The summed E-state index contributed by atoms with van der Waals surface area (Å²) < 4.78 is 25.2. The maximum absolute atomic E-state index is 12.6. The van der Waals surface area contributed by atoms with Crippen molar-refractivity contribution in [2.75, 3.05) is 6.54 Å². The molecule has 2 atom stereocenters. The fraction of sp³-hybridized carbons (Fsp3) is 0.833. The number of amides is 2. The highest BCUT2D eigenvalue weighted by atomic mass is 19.3. The van der Waals surface area contributed by atoms with E-state index in [1.807, 2.05) is 6.92 Å². The van der Waals surface area contributed by atoms with Gasteiger partial charge in [0.25, 0.3) is 6.43 Å². The van der Waals surface area contributed by atoms with Crippen LogP contribution in [0.4, 0.5) is 8.78 Å². The van der Waals surface area contributed by atoms with Gasteiger partial charge in [0.05, 0.1) is 6.54 Å². The minimum Gasteiger partial charge on any atom is -0.342 e. The Labute approximate surface area is 106 Å². The molecule has 1 N–H and O–H groups in total. The highest BCUT2D eigenvalue weighted by molar-refractivity contribution is 5.99. The number of hydrogen-bond acceptors (Lipinski definition) is 2. The fourth-order valence-corrected chi connectivity index (χ4v) is 2.19. The summed E-state index contributed by atoms with van der Waals surface area (Å²) in [6.45, 7) is 4.44. The molecule has 1 fully saturated rings. The van der Waals surface area contributed by atoms with Crippen molar-refractivity contribution in [3.8, 4) is 0 Å². The largest absolute Gasteiger partial charge is 0.342 e. The van der Waals surface area contributed by atoms with Crippen LogP contribution in [0, 0.1) is 0 Å². The zero-order valence-corrected chi connectivity index (χ0v) is 11.0. The molecule has 0 saturated carbocycles. The number of alkyl halides is 2. The van der Waals surface area contributed by atoms with Crippen molar-refractivity contribution in [2.24, 2.45) is 0 Å². The van der Waals surface area contributed by atoms with Crippen molar-refractivity contribution in [2.45, 2.75) is 58.0 Å². The van der Waals surface area contributed by atoms with Crippen LogP contribution in [0.2, 0.25) is 0 Å². The van der Waals surface area contributed by atoms with E-state index in [2.05, 4.69) is 5.32 Å². The maximum atomic E-state index is 12.6. The quantitative estimate of drug-likeness (QED) is 0.817. The summed E-state index contributed by atoms with van der Waals surface area (Å²) in [7, 11) is 0. The zero-order valence-electron chi connectivity index (χ0n) is 11.0. The maximum Gasteiger partial charge on any atom is 0.255 e. The Bertz CT molecular complexity index is 336. The third-order valence-corrected chi connectivity index (χ3v) is 3.54. The summed E-state index contributed by atoms with van der Waals surface area (Å²) >= 11 is 0. The summed E-state index contributed by atoms with van der Waals surface area (Å²) in [6, 6.07) is -0.666. The van der Waals surface area contributed by atoms with Crippen LogP contribution in [0.1, 0.15) is 40.0 Å². The van der Waals surface area contributed by atoms with Gasteiger partial charge < -0.3 is 10.2 Å². The molecule has 2 amide bonds. The Kier molecular flexibility index (Phi) is 4.65. The van der Waals surface area contributed by atoms with Crippen LogP contribution < -0.4 is 5.32 Å². The minimum atomic E-state index is -2.63. The first-order chi connectivity index (χ1) is 8.36. The molecule has 0 radical (unpaired) electrons. The average Bonchev–Trinajstić information content (AvgIpc) is 2.31. The second-order valence-electron chi connectivity index (χ2n) is 4.78. The predicted octanol–water partition coefficient (Wildman–Crippen LogP) is 1.55. The van der Waals surface area contributed by atoms with Crippen LogP contribution in [-0.2, 0) is 9.59 Å². The summed E-state index contributed by atoms with van der Waals surface area (Å²) in [5.74, 6) is -0.746. The second kappa shape index (κ2) is 5.63. The number of hydrogen-bond donors (Lipinski definition) is 1. The number of carbonyl (C=O) groups excluding carboxylic acids is 2. The van der Waals surface area contributed by atoms with E-state index in [1.165, 1.54) is 6.92 Å². The standard InChI is InChI=1S/C12H20F2N2O2/c1-4-6-8-10(17)16(7-9(13)14)12(3,5-2)11(18)15-8/h8-9H,4-7H2,1-3H3,(H,15,18). The predicted molar refractivity (Wildman–Crippen MR) is 63.3 cm³/mol. The van der Waals surface area contributed by atoms with Crippen molar-refractivity contribution in [3.05, 3.63) is 0 Å². The van der Waals surface area contributed by atoms with Gasteiger partial charge in [0, 0.05) is 0 Å². The topological polar surface area (TPSA) is 49.4 Å². The number of carbonyl (C=O) groups is 2. The van der Waals surface area contributed by atoms with Gasteiger partial charge in [-0.3, -0.25) is 9.59 Å². The summed E-state index contributed by atoms with van der Waals surface area (Å²) in [6.07, 6.45) is -1.13. The van der Waals surface area contributed by atoms with E-state index >= 15 is 0 Å². The molecule has 1 aliphatic heterocycles. The molecule has 0 bridgehead atoms. The Balaban J connectivity index is 3.01. The third kappa shape index (κ3) is 2.62. The van der Waals surface area contributed by atoms with Crippen molar-refractivity contribution in [1.82, 2.24) is 10.2 Å². The summed E-state index contributed by atoms with van der Waals surface area (Å²) in [5.41, 5.74) is -1.17. The second-order valence-corrected chi connectivity index (χ2v) is 4.78. The van der Waals surface area contributed by atoms with Crippen LogP contribution >= 0.6 is 0 Å². The normalized spacial score (nSPS) is 28.8. The molecule has 0 aromatic carbocycles. The van der Waals surface area contributed by atoms with E-state index in [-0.39, 0.29) is 5.91 Å². The lowest BCUT2D eigenvalue weighted by molar-refractivity contribution is -0.159. The Morgan fingerprint density at radius 2 is 2.00 bits per heavy atom. The van der Waals surface area contributed by atoms with E-state index in [0.29, 0.717) is 19.3 Å². The highest BCUT2D eigenvalue weighted by Crippen LogP contribution is 2.26. The first-order valence-corrected chi connectivity index (χ1v) is 6.27. The fourth-order valence-electron chi connectivity index (χ4n) is 2.19. The van der Waals surface area contributed by atoms with Crippen LogP contribution in [0.5, 0.6) is 0 Å². The molecule has 104 valence electrons. The lowest BCUT2D eigenvalue weighted by Crippen LogP contribution is -2.69. The number of rotatable bonds is 5. The minimum absolute atomic E-state index is 0.316. The van der Waals surface area contributed by atoms with Gasteiger partial charge in [-0.2, -0.15) is 0 Å². The molecule has 0 aliphatic carbocycles. The number of halogens is 2. The first kappa shape index (κ1) is 14.9. The van der Waals surface area contributed by atoms with Crippen molar-refractivity contribution in [1.29, 1.82) is 0 Å². The molecule has 0 aromatic rings. The lowest BCUT2D eigenvalue weighted by atomic mass is 9.89. The van der Waals surface area contributed by atoms with Crippen molar-refractivity contribution >= 4 is 11.8 Å². The number of piperazine rings is 1. The molecular formula is C12H20F2N2O2. The molecule has 18 heavy (non-hydrogen) atoms. The molecule has 0 aromatic heterocycles. The molecule has 1 heterocycles. The van der Waals surface area contributed by atoms with Gasteiger partial charge in [0.2, 0.25) is 11.8 Å². The monoisotopic (exact) mass is 262 g/mol. The third-order valence-electron chi connectivity index (χ3n) is 3.54. The average molecular weight is 262 g/mol. The summed E-state index contributed by atoms with van der Waals surface area (Å²) in [4.78, 5) is 25.2. The smallest absolute Gasteiger partial charge is 0.255 e. The van der Waals surface area contributed by atoms with Crippen LogP contribution in [0.15, 0.2) is 0 Å². The highest BCUT2D eigenvalue weighted by Gasteiger charge is 2.48. The van der Waals surface area contributed by atoms with Crippen LogP contribution in [0.3, 0.4) is 0 Å². The van der Waals surface area contributed by atoms with Gasteiger partial charge in [-0.15, -0.1) is 0 Å².